The van der Waals surface area contributed by atoms with Gasteiger partial charge in [0, 0.05) is 22.7 Å². The normalized spacial score (nSPS) is 22.7. The fourth-order valence-corrected chi connectivity index (χ4v) is 4.26. The maximum atomic E-state index is 12.9. The minimum absolute atomic E-state index is 0.102. The molecule has 1 amide bonds. The van der Waals surface area contributed by atoms with E-state index in [4.69, 9.17) is 5.73 Å². The first kappa shape index (κ1) is 14.4. The summed E-state index contributed by atoms with van der Waals surface area (Å²) in [6.07, 6.45) is 2.28. The molecule has 2 aromatic rings. The van der Waals surface area contributed by atoms with E-state index in [2.05, 4.69) is 26.8 Å². The van der Waals surface area contributed by atoms with Crippen molar-refractivity contribution in [1.29, 1.82) is 0 Å². The molecule has 0 bridgehead atoms. The standard InChI is InChI=1S/C17H22N2OS/c1-10-5-7-13-14(8-10)21-16(15(13)18)17(20)19-9-11(2)4-6-12(19)3/h5,7-8,11-12H,4,6,9,18H2,1-3H3. The number of piperidine rings is 1. The Hall–Kier alpha value is -1.55. The lowest BCUT2D eigenvalue weighted by molar-refractivity contribution is 0.0580. The van der Waals surface area contributed by atoms with E-state index in [1.165, 1.54) is 23.3 Å². The van der Waals surface area contributed by atoms with Gasteiger partial charge in [-0.15, -0.1) is 11.3 Å². The second-order valence-electron chi connectivity index (χ2n) is 6.33. The topological polar surface area (TPSA) is 46.3 Å². The van der Waals surface area contributed by atoms with Gasteiger partial charge in [-0.05, 0) is 44.2 Å². The maximum absolute atomic E-state index is 12.9. The molecule has 1 aromatic carbocycles. The zero-order valence-corrected chi connectivity index (χ0v) is 13.7. The summed E-state index contributed by atoms with van der Waals surface area (Å²) in [6, 6.07) is 6.48. The minimum atomic E-state index is 0.102. The van der Waals surface area contributed by atoms with Gasteiger partial charge in [0.25, 0.3) is 5.91 Å². The number of nitrogens with two attached hydrogens (primary N) is 1. The van der Waals surface area contributed by atoms with Crippen molar-refractivity contribution in [1.82, 2.24) is 4.90 Å². The van der Waals surface area contributed by atoms with Gasteiger partial charge in [0.05, 0.1) is 5.69 Å². The summed E-state index contributed by atoms with van der Waals surface area (Å²) in [4.78, 5) is 15.6. The first-order valence-electron chi connectivity index (χ1n) is 7.57. The van der Waals surface area contributed by atoms with Gasteiger partial charge in [-0.1, -0.05) is 19.1 Å². The number of carbonyl (C=O) groups excluding carboxylic acids is 1. The van der Waals surface area contributed by atoms with Crippen LogP contribution < -0.4 is 5.73 Å². The lowest BCUT2D eigenvalue weighted by Gasteiger charge is -2.36. The highest BCUT2D eigenvalue weighted by atomic mass is 32.1. The fraction of sp³-hybridized carbons (Fsp3) is 0.471. The minimum Gasteiger partial charge on any atom is -0.397 e. The smallest absolute Gasteiger partial charge is 0.266 e. The third kappa shape index (κ3) is 2.53. The Morgan fingerprint density at radius 3 is 2.86 bits per heavy atom. The summed E-state index contributed by atoms with van der Waals surface area (Å²) in [5.41, 5.74) is 8.08. The lowest BCUT2D eigenvalue weighted by atomic mass is 9.95. The SMILES string of the molecule is Cc1ccc2c(N)c(C(=O)N3CC(C)CCC3C)sc2c1. The predicted molar refractivity (Wildman–Crippen MR) is 89.9 cm³/mol. The summed E-state index contributed by atoms with van der Waals surface area (Å²) < 4.78 is 1.11. The van der Waals surface area contributed by atoms with Gasteiger partial charge in [0.2, 0.25) is 0 Å². The highest BCUT2D eigenvalue weighted by Gasteiger charge is 2.30. The molecule has 2 heterocycles. The number of aryl methyl sites for hydroxylation is 1. The molecule has 0 radical (unpaired) electrons. The van der Waals surface area contributed by atoms with E-state index in [1.54, 1.807) is 0 Å². The number of nitrogen functional groups attached to an aromatic ring is 1. The van der Waals surface area contributed by atoms with Gasteiger partial charge >= 0.3 is 0 Å². The molecule has 2 atom stereocenters. The van der Waals surface area contributed by atoms with Crippen molar-refractivity contribution < 1.29 is 4.79 Å². The second-order valence-corrected chi connectivity index (χ2v) is 7.39. The highest BCUT2D eigenvalue weighted by Crippen LogP contribution is 2.36. The van der Waals surface area contributed by atoms with Gasteiger partial charge in [-0.2, -0.15) is 0 Å². The van der Waals surface area contributed by atoms with Crippen LogP contribution >= 0.6 is 11.3 Å². The van der Waals surface area contributed by atoms with E-state index in [0.717, 1.165) is 23.1 Å². The molecule has 21 heavy (non-hydrogen) atoms. The fourth-order valence-electron chi connectivity index (χ4n) is 3.08. The van der Waals surface area contributed by atoms with Crippen molar-refractivity contribution in [3.05, 3.63) is 28.6 Å². The van der Waals surface area contributed by atoms with Crippen LogP contribution in [-0.4, -0.2) is 23.4 Å². The molecule has 4 heteroatoms. The largest absolute Gasteiger partial charge is 0.397 e. The van der Waals surface area contributed by atoms with Gasteiger partial charge in [-0.3, -0.25) is 4.79 Å². The molecule has 0 spiro atoms. The van der Waals surface area contributed by atoms with Crippen molar-refractivity contribution in [3.8, 4) is 0 Å². The molecule has 1 fully saturated rings. The third-order valence-corrected chi connectivity index (χ3v) is 5.61. The summed E-state index contributed by atoms with van der Waals surface area (Å²) >= 11 is 1.53. The van der Waals surface area contributed by atoms with Crippen molar-refractivity contribution >= 4 is 33.0 Å². The van der Waals surface area contributed by atoms with Gasteiger partial charge in [-0.25, -0.2) is 0 Å². The number of nitrogens with zero attached hydrogens (tertiary/aromatic N) is 1. The average Bonchev–Trinajstić information content (AvgIpc) is 2.77. The molecule has 0 saturated carbocycles. The predicted octanol–water partition coefficient (Wildman–Crippen LogP) is 4.05. The van der Waals surface area contributed by atoms with E-state index >= 15 is 0 Å². The van der Waals surface area contributed by atoms with E-state index in [-0.39, 0.29) is 5.91 Å². The van der Waals surface area contributed by atoms with Crippen LogP contribution in [0.25, 0.3) is 10.1 Å². The second kappa shape index (κ2) is 5.34. The number of hydrogen-bond acceptors (Lipinski definition) is 3. The molecule has 0 aliphatic carbocycles. The molecule has 1 aliphatic heterocycles. The number of fused-ring (bicyclic) bond motifs is 1. The van der Waals surface area contributed by atoms with Crippen LogP contribution in [0.15, 0.2) is 18.2 Å². The molecular formula is C17H22N2OS. The van der Waals surface area contributed by atoms with Crippen LogP contribution in [0.5, 0.6) is 0 Å². The summed E-state index contributed by atoms with van der Waals surface area (Å²) in [5.74, 6) is 0.674. The number of anilines is 1. The van der Waals surface area contributed by atoms with E-state index < -0.39 is 0 Å². The van der Waals surface area contributed by atoms with Crippen LogP contribution in [0, 0.1) is 12.8 Å². The van der Waals surface area contributed by atoms with Crippen LogP contribution in [0.2, 0.25) is 0 Å². The van der Waals surface area contributed by atoms with Crippen LogP contribution in [0.4, 0.5) is 5.69 Å². The van der Waals surface area contributed by atoms with Crippen LogP contribution in [0.3, 0.4) is 0 Å². The number of rotatable bonds is 1. The number of amides is 1. The van der Waals surface area contributed by atoms with Crippen LogP contribution in [-0.2, 0) is 0 Å². The quantitative estimate of drug-likeness (QED) is 0.863. The van der Waals surface area contributed by atoms with E-state index in [0.29, 0.717) is 22.5 Å². The Morgan fingerprint density at radius 1 is 1.33 bits per heavy atom. The monoisotopic (exact) mass is 302 g/mol. The Bertz CT molecular complexity index is 691. The first-order valence-corrected chi connectivity index (χ1v) is 8.38. The average molecular weight is 302 g/mol. The summed E-state index contributed by atoms with van der Waals surface area (Å²) in [7, 11) is 0. The number of benzene rings is 1. The molecule has 3 rings (SSSR count). The Kier molecular flexibility index (Phi) is 3.66. The molecule has 1 saturated heterocycles. The van der Waals surface area contributed by atoms with Crippen molar-refractivity contribution in [2.75, 3.05) is 12.3 Å². The first-order chi connectivity index (χ1) is 9.97. The van der Waals surface area contributed by atoms with Crippen molar-refractivity contribution in [2.45, 2.75) is 39.7 Å². The molecule has 2 N–H and O–H groups in total. The summed E-state index contributed by atoms with van der Waals surface area (Å²) in [6.45, 7) is 7.25. The zero-order chi connectivity index (χ0) is 15.1. The Morgan fingerprint density at radius 2 is 2.10 bits per heavy atom. The highest BCUT2D eigenvalue weighted by molar-refractivity contribution is 7.21. The van der Waals surface area contributed by atoms with Gasteiger partial charge in [0.1, 0.15) is 4.88 Å². The maximum Gasteiger partial charge on any atom is 0.266 e. The molecule has 112 valence electrons. The molecule has 1 aliphatic rings. The molecule has 2 unspecified atom stereocenters. The van der Waals surface area contributed by atoms with Crippen molar-refractivity contribution in [3.63, 3.8) is 0 Å². The molecular weight excluding hydrogens is 280 g/mol. The Labute approximate surface area is 129 Å². The summed E-state index contributed by atoms with van der Waals surface area (Å²) in [5, 5.41) is 1.01. The Balaban J connectivity index is 1.99. The van der Waals surface area contributed by atoms with Crippen LogP contribution in [0.1, 0.15) is 41.9 Å². The van der Waals surface area contributed by atoms with Gasteiger partial charge in [0.15, 0.2) is 0 Å². The zero-order valence-electron chi connectivity index (χ0n) is 12.8. The molecule has 1 aromatic heterocycles. The third-order valence-electron chi connectivity index (χ3n) is 4.46. The lowest BCUT2D eigenvalue weighted by Crippen LogP contribution is -2.44. The van der Waals surface area contributed by atoms with Gasteiger partial charge < -0.3 is 10.6 Å². The van der Waals surface area contributed by atoms with E-state index in [9.17, 15) is 4.79 Å². The van der Waals surface area contributed by atoms with E-state index in [1.807, 2.05) is 17.0 Å². The number of likely N-dealkylation sites (tertiary alicyclic amines) is 1. The molecule has 3 nitrogen and oxygen atoms in total. The number of hydrogen-bond donors (Lipinski definition) is 1. The number of carbonyl (C=O) groups is 1. The number of thiophene rings is 1. The van der Waals surface area contributed by atoms with Crippen molar-refractivity contribution in [2.24, 2.45) is 5.92 Å².